The Labute approximate surface area is 192 Å². The Morgan fingerprint density at radius 1 is 1.16 bits per heavy atom. The number of halogens is 1. The van der Waals surface area contributed by atoms with Gasteiger partial charge in [0.1, 0.15) is 18.2 Å². The van der Waals surface area contributed by atoms with Crippen molar-refractivity contribution in [3.8, 4) is 11.4 Å². The number of amides is 1. The van der Waals surface area contributed by atoms with Crippen LogP contribution < -0.4 is 0 Å². The van der Waals surface area contributed by atoms with E-state index in [9.17, 15) is 9.18 Å². The summed E-state index contributed by atoms with van der Waals surface area (Å²) in [5.41, 5.74) is 2.47. The van der Waals surface area contributed by atoms with E-state index in [4.69, 9.17) is 4.98 Å². The van der Waals surface area contributed by atoms with Crippen LogP contribution >= 0.6 is 11.3 Å². The molecule has 8 heteroatoms. The summed E-state index contributed by atoms with van der Waals surface area (Å²) in [4.78, 5) is 25.7. The molecule has 0 spiro atoms. The van der Waals surface area contributed by atoms with Gasteiger partial charge in [-0.25, -0.2) is 19.0 Å². The van der Waals surface area contributed by atoms with Crippen LogP contribution in [-0.4, -0.2) is 43.6 Å². The number of nitrogens with zero attached hydrogens (tertiary/aromatic N) is 5. The minimum atomic E-state index is -0.245. The zero-order valence-electron chi connectivity index (χ0n) is 19.0. The molecule has 0 radical (unpaired) electrons. The van der Waals surface area contributed by atoms with E-state index in [1.54, 1.807) is 35.1 Å². The number of thiazole rings is 1. The van der Waals surface area contributed by atoms with Gasteiger partial charge >= 0.3 is 0 Å². The van der Waals surface area contributed by atoms with Gasteiger partial charge in [0.25, 0.3) is 0 Å². The topological polar surface area (TPSA) is 63.9 Å². The van der Waals surface area contributed by atoms with Gasteiger partial charge in [-0.3, -0.25) is 4.79 Å². The number of rotatable bonds is 7. The number of carbonyl (C=O) groups is 1. The number of hydrogen-bond donors (Lipinski definition) is 0. The summed E-state index contributed by atoms with van der Waals surface area (Å²) in [6.07, 6.45) is 5.64. The molecule has 4 rings (SSSR count). The fourth-order valence-corrected chi connectivity index (χ4v) is 5.07. The lowest BCUT2D eigenvalue weighted by molar-refractivity contribution is -0.132. The normalized spacial score (nSPS) is 13.8. The Kier molecular flexibility index (Phi) is 6.98. The van der Waals surface area contributed by atoms with Crippen LogP contribution in [0.5, 0.6) is 0 Å². The first-order valence-corrected chi connectivity index (χ1v) is 12.2. The van der Waals surface area contributed by atoms with Crippen LogP contribution in [0.15, 0.2) is 18.2 Å². The van der Waals surface area contributed by atoms with Crippen LogP contribution in [0.4, 0.5) is 4.39 Å². The van der Waals surface area contributed by atoms with Crippen molar-refractivity contribution in [2.24, 2.45) is 0 Å². The van der Waals surface area contributed by atoms with Crippen molar-refractivity contribution in [1.82, 2.24) is 24.6 Å². The summed E-state index contributed by atoms with van der Waals surface area (Å²) in [7, 11) is 0. The first kappa shape index (κ1) is 22.6. The molecule has 32 heavy (non-hydrogen) atoms. The molecule has 0 saturated carbocycles. The zero-order valence-corrected chi connectivity index (χ0v) is 19.8. The number of carbonyl (C=O) groups excluding carboxylic acids is 1. The molecule has 3 aromatic rings. The summed E-state index contributed by atoms with van der Waals surface area (Å²) in [6.45, 7) is 7.49. The van der Waals surface area contributed by atoms with Gasteiger partial charge in [-0.15, -0.1) is 11.3 Å². The van der Waals surface area contributed by atoms with E-state index in [0.717, 1.165) is 60.6 Å². The van der Waals surface area contributed by atoms with E-state index in [2.05, 4.69) is 17.0 Å². The van der Waals surface area contributed by atoms with Gasteiger partial charge in [0.2, 0.25) is 5.91 Å². The van der Waals surface area contributed by atoms with Crippen molar-refractivity contribution >= 4 is 17.2 Å². The summed E-state index contributed by atoms with van der Waals surface area (Å²) >= 11 is 1.73. The predicted octanol–water partition coefficient (Wildman–Crippen LogP) is 4.52. The standard InChI is InChI=1S/C24H30FN5OS/c1-4-5-6-7-22-27-24(18-8-9-19(25)16(2)14-18)28-30(22)15-23(31)29-12-10-20-21(11-13-29)32-17(3)26-20/h8-9,14H,4-7,10-13,15H2,1-3H3. The monoisotopic (exact) mass is 455 g/mol. The van der Waals surface area contributed by atoms with Gasteiger partial charge in [-0.05, 0) is 44.0 Å². The SMILES string of the molecule is CCCCCc1nc(-c2ccc(F)c(C)c2)nn1CC(=O)N1CCc2nc(C)sc2CC1. The van der Waals surface area contributed by atoms with E-state index in [0.29, 0.717) is 24.5 Å². The molecule has 170 valence electrons. The second kappa shape index (κ2) is 9.90. The van der Waals surface area contributed by atoms with Crippen molar-refractivity contribution < 1.29 is 9.18 Å². The molecule has 1 amide bonds. The molecule has 0 bridgehead atoms. The Hall–Kier alpha value is -2.61. The average Bonchev–Trinajstić information content (AvgIpc) is 3.27. The first-order valence-electron chi connectivity index (χ1n) is 11.4. The van der Waals surface area contributed by atoms with E-state index in [1.807, 2.05) is 11.8 Å². The lowest BCUT2D eigenvalue weighted by atomic mass is 10.1. The lowest BCUT2D eigenvalue weighted by Gasteiger charge is -2.20. The number of benzene rings is 1. The van der Waals surface area contributed by atoms with Gasteiger partial charge in [0.05, 0.1) is 10.7 Å². The maximum atomic E-state index is 13.7. The highest BCUT2D eigenvalue weighted by Gasteiger charge is 2.23. The molecule has 2 aromatic heterocycles. The summed E-state index contributed by atoms with van der Waals surface area (Å²) in [5.74, 6) is 1.17. The van der Waals surface area contributed by atoms with E-state index in [1.165, 1.54) is 10.9 Å². The number of fused-ring (bicyclic) bond motifs is 1. The fraction of sp³-hybridized carbons (Fsp3) is 0.500. The van der Waals surface area contributed by atoms with Crippen LogP contribution in [-0.2, 0) is 30.6 Å². The highest BCUT2D eigenvalue weighted by atomic mass is 32.1. The van der Waals surface area contributed by atoms with Crippen LogP contribution in [0, 0.1) is 19.7 Å². The molecule has 3 heterocycles. The molecular weight excluding hydrogens is 425 g/mol. The quantitative estimate of drug-likeness (QED) is 0.492. The third kappa shape index (κ3) is 5.06. The molecule has 0 aliphatic carbocycles. The molecule has 0 fully saturated rings. The van der Waals surface area contributed by atoms with Crippen LogP contribution in [0.1, 0.15) is 53.2 Å². The van der Waals surface area contributed by atoms with Crippen molar-refractivity contribution in [2.75, 3.05) is 13.1 Å². The largest absolute Gasteiger partial charge is 0.340 e. The maximum absolute atomic E-state index is 13.7. The molecule has 1 aliphatic heterocycles. The Morgan fingerprint density at radius 2 is 1.97 bits per heavy atom. The third-order valence-electron chi connectivity index (χ3n) is 5.92. The van der Waals surface area contributed by atoms with Crippen LogP contribution in [0.25, 0.3) is 11.4 Å². The van der Waals surface area contributed by atoms with Gasteiger partial charge in [-0.1, -0.05) is 19.8 Å². The Bertz CT molecular complexity index is 1080. The fourth-order valence-electron chi connectivity index (χ4n) is 4.09. The smallest absolute Gasteiger partial charge is 0.244 e. The van der Waals surface area contributed by atoms with E-state index >= 15 is 0 Å². The zero-order chi connectivity index (χ0) is 22.7. The molecular formula is C24H30FN5OS. The molecule has 1 aliphatic rings. The molecule has 0 saturated heterocycles. The number of hydrogen-bond acceptors (Lipinski definition) is 5. The second-order valence-electron chi connectivity index (χ2n) is 8.41. The highest BCUT2D eigenvalue weighted by Crippen LogP contribution is 2.23. The van der Waals surface area contributed by atoms with Crippen molar-refractivity contribution in [3.63, 3.8) is 0 Å². The molecule has 0 unspecified atom stereocenters. The minimum absolute atomic E-state index is 0.0559. The Morgan fingerprint density at radius 3 is 2.75 bits per heavy atom. The summed E-state index contributed by atoms with van der Waals surface area (Å²) < 4.78 is 15.5. The highest BCUT2D eigenvalue weighted by molar-refractivity contribution is 7.11. The minimum Gasteiger partial charge on any atom is -0.340 e. The van der Waals surface area contributed by atoms with Gasteiger partial charge in [-0.2, -0.15) is 5.10 Å². The van der Waals surface area contributed by atoms with E-state index in [-0.39, 0.29) is 18.3 Å². The van der Waals surface area contributed by atoms with Crippen LogP contribution in [0.2, 0.25) is 0 Å². The second-order valence-corrected chi connectivity index (χ2v) is 9.70. The maximum Gasteiger partial charge on any atom is 0.244 e. The summed E-state index contributed by atoms with van der Waals surface area (Å²) in [5, 5.41) is 5.75. The number of unbranched alkanes of at least 4 members (excludes halogenated alkanes) is 2. The van der Waals surface area contributed by atoms with Gasteiger partial charge in [0.15, 0.2) is 5.82 Å². The third-order valence-corrected chi connectivity index (χ3v) is 6.99. The van der Waals surface area contributed by atoms with Crippen molar-refractivity contribution in [2.45, 2.75) is 65.8 Å². The van der Waals surface area contributed by atoms with Crippen molar-refractivity contribution in [1.29, 1.82) is 0 Å². The molecule has 6 nitrogen and oxygen atoms in total. The average molecular weight is 456 g/mol. The van der Waals surface area contributed by atoms with Gasteiger partial charge < -0.3 is 4.90 Å². The molecule has 0 N–H and O–H groups in total. The lowest BCUT2D eigenvalue weighted by Crippen LogP contribution is -2.36. The van der Waals surface area contributed by atoms with Crippen molar-refractivity contribution in [3.05, 3.63) is 51.0 Å². The van der Waals surface area contributed by atoms with Crippen LogP contribution in [0.3, 0.4) is 0 Å². The summed E-state index contributed by atoms with van der Waals surface area (Å²) in [6, 6.07) is 4.90. The first-order chi connectivity index (χ1) is 15.4. The number of aryl methyl sites for hydroxylation is 3. The molecule has 1 aromatic carbocycles. The number of aromatic nitrogens is 4. The Balaban J connectivity index is 1.51. The predicted molar refractivity (Wildman–Crippen MR) is 124 cm³/mol. The van der Waals surface area contributed by atoms with Gasteiger partial charge in [0, 0.05) is 42.8 Å². The van der Waals surface area contributed by atoms with E-state index < -0.39 is 0 Å². The molecule has 0 atom stereocenters.